The van der Waals surface area contributed by atoms with Crippen molar-refractivity contribution in [3.05, 3.63) is 18.0 Å². The largest absolute Gasteiger partial charge is 0.480 e. The molecule has 1 amide bonds. The first-order valence-electron chi connectivity index (χ1n) is 4.71. The van der Waals surface area contributed by atoms with Crippen LogP contribution in [0.25, 0.3) is 0 Å². The van der Waals surface area contributed by atoms with E-state index in [9.17, 15) is 9.59 Å². The first-order chi connectivity index (χ1) is 7.61. The van der Waals surface area contributed by atoms with Crippen molar-refractivity contribution < 1.29 is 14.7 Å². The van der Waals surface area contributed by atoms with Gasteiger partial charge in [-0.2, -0.15) is 5.10 Å². The number of carbonyl (C=O) groups excluding carboxylic acids is 1. The molecule has 1 aliphatic heterocycles. The summed E-state index contributed by atoms with van der Waals surface area (Å²) in [7, 11) is 1.66. The Labute approximate surface area is 96.2 Å². The Bertz CT molecular complexity index is 431. The Kier molecular flexibility index (Phi) is 2.86. The number of rotatable bonds is 2. The van der Waals surface area contributed by atoms with Gasteiger partial charge in [0.15, 0.2) is 0 Å². The number of nitrogens with zero attached hydrogens (tertiary/aromatic N) is 3. The topological polar surface area (TPSA) is 75.4 Å². The van der Waals surface area contributed by atoms with Crippen LogP contribution in [0.3, 0.4) is 0 Å². The maximum atomic E-state index is 12.0. The lowest BCUT2D eigenvalue weighted by atomic mass is 10.2. The lowest BCUT2D eigenvalue weighted by Gasteiger charge is -2.20. The number of aryl methyl sites for hydroxylation is 1. The van der Waals surface area contributed by atoms with Gasteiger partial charge in [-0.25, -0.2) is 4.79 Å². The Balaban J connectivity index is 2.22. The molecule has 0 bridgehead atoms. The third-order valence-corrected chi connectivity index (χ3v) is 3.48. The molecule has 2 heterocycles. The van der Waals surface area contributed by atoms with E-state index >= 15 is 0 Å². The molecule has 1 aliphatic rings. The minimum atomic E-state index is -0.958. The molecule has 1 fully saturated rings. The van der Waals surface area contributed by atoms with Crippen LogP contribution < -0.4 is 0 Å². The van der Waals surface area contributed by atoms with Crippen molar-refractivity contribution in [1.29, 1.82) is 0 Å². The summed E-state index contributed by atoms with van der Waals surface area (Å²) in [5.74, 6) is -0.377. The van der Waals surface area contributed by atoms with Crippen LogP contribution in [-0.2, 0) is 11.8 Å². The zero-order valence-corrected chi connectivity index (χ0v) is 9.48. The number of carbonyl (C=O) groups is 2. The molecule has 0 radical (unpaired) electrons. The smallest absolute Gasteiger partial charge is 0.327 e. The lowest BCUT2D eigenvalue weighted by molar-refractivity contribution is -0.140. The molecule has 1 atom stereocenters. The summed E-state index contributed by atoms with van der Waals surface area (Å²) in [6.07, 6.45) is 1.52. The highest BCUT2D eigenvalue weighted by Gasteiger charge is 2.35. The molecule has 0 unspecified atom stereocenters. The van der Waals surface area contributed by atoms with Gasteiger partial charge in [0.25, 0.3) is 5.91 Å². The van der Waals surface area contributed by atoms with Gasteiger partial charge in [-0.05, 0) is 6.07 Å². The van der Waals surface area contributed by atoms with Crippen LogP contribution in [0.5, 0.6) is 0 Å². The summed E-state index contributed by atoms with van der Waals surface area (Å²) in [5, 5.41) is 12.9. The molecule has 86 valence electrons. The fourth-order valence-electron chi connectivity index (χ4n) is 1.58. The van der Waals surface area contributed by atoms with E-state index in [1.807, 2.05) is 0 Å². The average Bonchev–Trinajstić information content (AvgIpc) is 2.84. The van der Waals surface area contributed by atoms with E-state index in [0.29, 0.717) is 17.3 Å². The summed E-state index contributed by atoms with van der Waals surface area (Å²) in [5.41, 5.74) is 0.411. The summed E-state index contributed by atoms with van der Waals surface area (Å²) in [6, 6.07) is 0.858. The average molecular weight is 241 g/mol. The van der Waals surface area contributed by atoms with Crippen molar-refractivity contribution in [3.63, 3.8) is 0 Å². The molecule has 0 saturated carbocycles. The number of aliphatic carboxylic acids is 1. The molecule has 7 heteroatoms. The van der Waals surface area contributed by atoms with Crippen LogP contribution in [0.4, 0.5) is 0 Å². The fourth-order valence-corrected chi connectivity index (χ4v) is 2.72. The number of amides is 1. The molecule has 16 heavy (non-hydrogen) atoms. The summed E-state index contributed by atoms with van der Waals surface area (Å²) in [4.78, 5) is 24.3. The third kappa shape index (κ3) is 1.78. The number of hydrogen-bond donors (Lipinski definition) is 1. The molecule has 1 aromatic rings. The van der Waals surface area contributed by atoms with Crippen molar-refractivity contribution in [2.45, 2.75) is 6.04 Å². The van der Waals surface area contributed by atoms with Crippen molar-refractivity contribution in [1.82, 2.24) is 14.7 Å². The summed E-state index contributed by atoms with van der Waals surface area (Å²) in [6.45, 7) is 0. The van der Waals surface area contributed by atoms with Gasteiger partial charge >= 0.3 is 5.97 Å². The first-order valence-corrected chi connectivity index (χ1v) is 5.86. The van der Waals surface area contributed by atoms with E-state index in [1.54, 1.807) is 13.1 Å². The number of aromatic nitrogens is 2. The molecule has 1 saturated heterocycles. The van der Waals surface area contributed by atoms with Gasteiger partial charge in [0.2, 0.25) is 0 Å². The Hall–Kier alpha value is -1.50. The van der Waals surface area contributed by atoms with Crippen LogP contribution >= 0.6 is 11.8 Å². The number of thioether (sulfide) groups is 1. The molecule has 6 nitrogen and oxygen atoms in total. The van der Waals surface area contributed by atoms with Gasteiger partial charge in [-0.1, -0.05) is 0 Å². The molecule has 0 aliphatic carbocycles. The molecule has 0 spiro atoms. The summed E-state index contributed by atoms with van der Waals surface area (Å²) >= 11 is 1.44. The van der Waals surface area contributed by atoms with E-state index in [0.717, 1.165) is 0 Å². The van der Waals surface area contributed by atoms with Crippen molar-refractivity contribution in [3.8, 4) is 0 Å². The van der Waals surface area contributed by atoms with Crippen LogP contribution in [0.2, 0.25) is 0 Å². The zero-order chi connectivity index (χ0) is 11.7. The highest BCUT2D eigenvalue weighted by Crippen LogP contribution is 2.22. The normalized spacial score (nSPS) is 20.1. The maximum absolute atomic E-state index is 12.0. The Morgan fingerprint density at radius 1 is 1.62 bits per heavy atom. The minimum absolute atomic E-state index is 0.280. The Morgan fingerprint density at radius 2 is 2.38 bits per heavy atom. The van der Waals surface area contributed by atoms with Gasteiger partial charge in [0, 0.05) is 19.0 Å². The van der Waals surface area contributed by atoms with E-state index in [4.69, 9.17) is 5.11 Å². The molecule has 2 rings (SSSR count). The summed E-state index contributed by atoms with van der Waals surface area (Å²) < 4.78 is 1.45. The van der Waals surface area contributed by atoms with Crippen LogP contribution in [0.15, 0.2) is 12.3 Å². The van der Waals surface area contributed by atoms with Crippen LogP contribution in [0, 0.1) is 0 Å². The number of carboxylic acid groups (broad SMARTS) is 1. The van der Waals surface area contributed by atoms with Gasteiger partial charge < -0.3 is 10.0 Å². The van der Waals surface area contributed by atoms with E-state index < -0.39 is 12.0 Å². The molecule has 0 aromatic carbocycles. The highest BCUT2D eigenvalue weighted by molar-refractivity contribution is 7.99. The second kappa shape index (κ2) is 4.17. The number of hydrogen-bond acceptors (Lipinski definition) is 4. The van der Waals surface area contributed by atoms with Gasteiger partial charge in [-0.3, -0.25) is 9.48 Å². The van der Waals surface area contributed by atoms with Crippen molar-refractivity contribution >= 4 is 23.6 Å². The van der Waals surface area contributed by atoms with Gasteiger partial charge in [-0.15, -0.1) is 11.8 Å². The minimum Gasteiger partial charge on any atom is -0.480 e. The predicted octanol–water partition coefficient (Wildman–Crippen LogP) is 0.0198. The zero-order valence-electron chi connectivity index (χ0n) is 8.66. The third-order valence-electron chi connectivity index (χ3n) is 2.47. The van der Waals surface area contributed by atoms with Crippen molar-refractivity contribution in [2.75, 3.05) is 11.6 Å². The highest BCUT2D eigenvalue weighted by atomic mass is 32.2. The standard InChI is InChI=1S/C9H11N3O3S/c1-11-6(2-3-10-11)8(13)12-5-16-4-7(12)9(14)15/h2-3,7H,4-5H2,1H3,(H,14,15)/t7-/m0/s1. The quantitative estimate of drug-likeness (QED) is 0.790. The molecular weight excluding hydrogens is 230 g/mol. The van der Waals surface area contributed by atoms with E-state index in [-0.39, 0.29) is 5.91 Å². The van der Waals surface area contributed by atoms with Crippen LogP contribution in [0.1, 0.15) is 10.5 Å². The molecule has 1 aromatic heterocycles. The Morgan fingerprint density at radius 3 is 2.94 bits per heavy atom. The SMILES string of the molecule is Cn1nccc1C(=O)N1CSC[C@H]1C(=O)O. The second-order valence-corrected chi connectivity index (χ2v) is 4.47. The first kappa shape index (κ1) is 11.0. The van der Waals surface area contributed by atoms with Gasteiger partial charge in [0.1, 0.15) is 11.7 Å². The van der Waals surface area contributed by atoms with E-state index in [1.165, 1.54) is 27.5 Å². The van der Waals surface area contributed by atoms with Crippen LogP contribution in [-0.4, -0.2) is 49.3 Å². The number of carboxylic acids is 1. The lowest BCUT2D eigenvalue weighted by Crippen LogP contribution is -2.42. The van der Waals surface area contributed by atoms with Gasteiger partial charge in [0.05, 0.1) is 5.88 Å². The fraction of sp³-hybridized carbons (Fsp3) is 0.444. The second-order valence-electron chi connectivity index (χ2n) is 3.47. The molecule has 1 N–H and O–H groups in total. The molecular formula is C9H11N3O3S. The van der Waals surface area contributed by atoms with E-state index in [2.05, 4.69) is 5.10 Å². The monoisotopic (exact) mass is 241 g/mol. The predicted molar refractivity (Wildman–Crippen MR) is 58.1 cm³/mol. The maximum Gasteiger partial charge on any atom is 0.327 e. The van der Waals surface area contributed by atoms with Crippen molar-refractivity contribution in [2.24, 2.45) is 7.05 Å².